The zero-order valence-electron chi connectivity index (χ0n) is 16.2. The Morgan fingerprint density at radius 2 is 1.93 bits per heavy atom. The molecular formula is C21H34N2O3S. The van der Waals surface area contributed by atoms with Crippen molar-refractivity contribution in [1.82, 2.24) is 4.90 Å². The van der Waals surface area contributed by atoms with Gasteiger partial charge < -0.3 is 10.0 Å². The van der Waals surface area contributed by atoms with Crippen LogP contribution < -0.4 is 5.14 Å². The molecule has 1 amide bonds. The molecule has 1 aliphatic heterocycles. The second-order valence-corrected chi connectivity index (χ2v) is 8.72. The number of unbranched alkanes of at least 4 members (excludes halogenated alkanes) is 3. The molecule has 27 heavy (non-hydrogen) atoms. The third-order valence-corrected chi connectivity index (χ3v) is 6.02. The molecule has 1 aliphatic rings. The topological polar surface area (TPSA) is 83.6 Å². The lowest BCUT2D eigenvalue weighted by atomic mass is 9.94. The van der Waals surface area contributed by atoms with Crippen molar-refractivity contribution < 1.29 is 14.1 Å². The number of carbonyl (C=O) groups is 1. The first-order valence-corrected chi connectivity index (χ1v) is 11.6. The maximum atomic E-state index is 12.4. The smallest absolute Gasteiger partial charge is 0.222 e. The van der Waals surface area contributed by atoms with Crippen molar-refractivity contribution in [3.63, 3.8) is 0 Å². The van der Waals surface area contributed by atoms with E-state index in [1.165, 1.54) is 0 Å². The zero-order valence-corrected chi connectivity index (χ0v) is 17.0. The molecule has 5 nitrogen and oxygen atoms in total. The SMILES string of the molecule is NS(=O)CCCCCCN1C(=O)CCC[C@@H]1CCC(O)Cc1ccccc1. The van der Waals surface area contributed by atoms with Crippen LogP contribution in [0.1, 0.15) is 63.4 Å². The number of hydrogen-bond donors (Lipinski definition) is 2. The number of piperidine rings is 1. The van der Waals surface area contributed by atoms with E-state index in [1.54, 1.807) is 0 Å². The fourth-order valence-electron chi connectivity index (χ4n) is 3.85. The van der Waals surface area contributed by atoms with Gasteiger partial charge in [0.1, 0.15) is 0 Å². The Balaban J connectivity index is 1.72. The van der Waals surface area contributed by atoms with Gasteiger partial charge in [-0.1, -0.05) is 43.2 Å². The van der Waals surface area contributed by atoms with Crippen LogP contribution in [0.15, 0.2) is 30.3 Å². The van der Waals surface area contributed by atoms with E-state index in [0.717, 1.165) is 63.5 Å². The van der Waals surface area contributed by atoms with Crippen LogP contribution in [0.25, 0.3) is 0 Å². The van der Waals surface area contributed by atoms with Gasteiger partial charge in [0, 0.05) is 24.8 Å². The van der Waals surface area contributed by atoms with E-state index in [1.807, 2.05) is 35.2 Å². The summed E-state index contributed by atoms with van der Waals surface area (Å²) in [7, 11) is -1.20. The summed E-state index contributed by atoms with van der Waals surface area (Å²) < 4.78 is 10.9. The monoisotopic (exact) mass is 394 g/mol. The third kappa shape index (κ3) is 8.54. The van der Waals surface area contributed by atoms with E-state index in [-0.39, 0.29) is 18.1 Å². The Labute approximate surface area is 165 Å². The first kappa shape index (κ1) is 22.1. The summed E-state index contributed by atoms with van der Waals surface area (Å²) in [5.74, 6) is 0.816. The molecule has 1 saturated heterocycles. The predicted molar refractivity (Wildman–Crippen MR) is 110 cm³/mol. The Bertz CT molecular complexity index is 582. The van der Waals surface area contributed by atoms with E-state index >= 15 is 0 Å². The molecule has 2 rings (SSSR count). The number of carbonyl (C=O) groups excluding carboxylic acids is 1. The Morgan fingerprint density at radius 1 is 1.19 bits per heavy atom. The van der Waals surface area contributed by atoms with Crippen LogP contribution in [0.2, 0.25) is 0 Å². The lowest BCUT2D eigenvalue weighted by Crippen LogP contribution is -2.44. The number of aliphatic hydroxyl groups excluding tert-OH is 1. The number of nitrogens with two attached hydrogens (primary N) is 1. The van der Waals surface area contributed by atoms with Crippen molar-refractivity contribution in [2.24, 2.45) is 5.14 Å². The van der Waals surface area contributed by atoms with Gasteiger partial charge in [0.2, 0.25) is 5.91 Å². The summed E-state index contributed by atoms with van der Waals surface area (Å²) in [6.45, 7) is 0.796. The average Bonchev–Trinajstić information content (AvgIpc) is 2.65. The number of hydrogen-bond acceptors (Lipinski definition) is 3. The van der Waals surface area contributed by atoms with Crippen LogP contribution in [0, 0.1) is 0 Å². The van der Waals surface area contributed by atoms with Crippen molar-refractivity contribution in [3.05, 3.63) is 35.9 Å². The lowest BCUT2D eigenvalue weighted by molar-refractivity contribution is -0.136. The molecule has 0 spiro atoms. The minimum atomic E-state index is -1.20. The molecule has 2 unspecified atom stereocenters. The molecule has 0 saturated carbocycles. The summed E-state index contributed by atoms with van der Waals surface area (Å²) in [5.41, 5.74) is 1.15. The second-order valence-electron chi connectivity index (χ2n) is 7.55. The van der Waals surface area contributed by atoms with Gasteiger partial charge in [-0.2, -0.15) is 0 Å². The van der Waals surface area contributed by atoms with Crippen molar-refractivity contribution >= 4 is 16.9 Å². The molecule has 1 aromatic carbocycles. The quantitative estimate of drug-likeness (QED) is 0.535. The van der Waals surface area contributed by atoms with Gasteiger partial charge >= 0.3 is 0 Å². The molecule has 1 heterocycles. The summed E-state index contributed by atoms with van der Waals surface area (Å²) in [5, 5.41) is 15.6. The predicted octanol–water partition coefficient (Wildman–Crippen LogP) is 2.93. The minimum absolute atomic E-state index is 0.256. The maximum Gasteiger partial charge on any atom is 0.222 e. The van der Waals surface area contributed by atoms with Gasteiger partial charge in [-0.25, -0.2) is 4.21 Å². The van der Waals surface area contributed by atoms with Crippen molar-refractivity contribution in [3.8, 4) is 0 Å². The zero-order chi connectivity index (χ0) is 19.5. The fourth-order valence-corrected chi connectivity index (χ4v) is 4.34. The lowest BCUT2D eigenvalue weighted by Gasteiger charge is -2.36. The summed E-state index contributed by atoms with van der Waals surface area (Å²) in [6, 6.07) is 10.3. The minimum Gasteiger partial charge on any atom is -0.393 e. The molecule has 6 heteroatoms. The first-order valence-electron chi connectivity index (χ1n) is 10.2. The van der Waals surface area contributed by atoms with Crippen LogP contribution >= 0.6 is 0 Å². The van der Waals surface area contributed by atoms with Crippen molar-refractivity contribution in [1.29, 1.82) is 0 Å². The van der Waals surface area contributed by atoms with Gasteiger partial charge in [-0.05, 0) is 50.5 Å². The van der Waals surface area contributed by atoms with Gasteiger partial charge in [0.25, 0.3) is 0 Å². The Morgan fingerprint density at radius 3 is 2.67 bits per heavy atom. The molecule has 1 aromatic rings. The molecule has 0 radical (unpaired) electrons. The summed E-state index contributed by atoms with van der Waals surface area (Å²) in [4.78, 5) is 14.4. The molecule has 0 bridgehead atoms. The number of benzene rings is 1. The van der Waals surface area contributed by atoms with Crippen LogP contribution in [0.4, 0.5) is 0 Å². The summed E-state index contributed by atoms with van der Waals surface area (Å²) >= 11 is 0. The van der Waals surface area contributed by atoms with E-state index in [4.69, 9.17) is 5.14 Å². The molecule has 152 valence electrons. The van der Waals surface area contributed by atoms with E-state index in [9.17, 15) is 14.1 Å². The van der Waals surface area contributed by atoms with Gasteiger partial charge in [-0.3, -0.25) is 9.93 Å². The number of likely N-dealkylation sites (tertiary alicyclic amines) is 1. The maximum absolute atomic E-state index is 12.4. The molecule has 3 atom stereocenters. The highest BCUT2D eigenvalue weighted by molar-refractivity contribution is 7.82. The van der Waals surface area contributed by atoms with Gasteiger partial charge in [0.05, 0.1) is 17.1 Å². The highest BCUT2D eigenvalue weighted by Gasteiger charge is 2.27. The highest BCUT2D eigenvalue weighted by Crippen LogP contribution is 2.24. The third-order valence-electron chi connectivity index (χ3n) is 5.33. The number of rotatable bonds is 12. The largest absolute Gasteiger partial charge is 0.393 e. The molecular weight excluding hydrogens is 360 g/mol. The number of nitrogens with zero attached hydrogens (tertiary/aromatic N) is 1. The van der Waals surface area contributed by atoms with Crippen LogP contribution in [-0.4, -0.2) is 44.6 Å². The van der Waals surface area contributed by atoms with Crippen LogP contribution in [-0.2, 0) is 22.2 Å². The number of aliphatic hydroxyl groups is 1. The van der Waals surface area contributed by atoms with Crippen LogP contribution in [0.3, 0.4) is 0 Å². The van der Waals surface area contributed by atoms with Gasteiger partial charge in [-0.15, -0.1) is 0 Å². The molecule has 0 aliphatic carbocycles. The summed E-state index contributed by atoms with van der Waals surface area (Å²) in [6.07, 6.45) is 8.45. The fraction of sp³-hybridized carbons (Fsp3) is 0.667. The second kappa shape index (κ2) is 12.3. The van der Waals surface area contributed by atoms with Gasteiger partial charge in [0.15, 0.2) is 0 Å². The van der Waals surface area contributed by atoms with Crippen molar-refractivity contribution in [2.45, 2.75) is 76.4 Å². The molecule has 1 fully saturated rings. The highest BCUT2D eigenvalue weighted by atomic mass is 32.2. The average molecular weight is 395 g/mol. The Kier molecular flexibility index (Phi) is 10.0. The standard InChI is InChI=1S/C21H34N2O3S/c22-27(26)16-7-2-1-6-15-23-19(11-8-12-21(23)25)13-14-20(24)17-18-9-4-3-5-10-18/h3-5,9-10,19-20,24H,1-2,6-8,11-17,22H2/t19-,20?,27?/m1/s1. The number of amides is 1. The van der Waals surface area contributed by atoms with E-state index in [0.29, 0.717) is 18.6 Å². The van der Waals surface area contributed by atoms with Crippen molar-refractivity contribution in [2.75, 3.05) is 12.3 Å². The van der Waals surface area contributed by atoms with Crippen LogP contribution in [0.5, 0.6) is 0 Å². The van der Waals surface area contributed by atoms with E-state index in [2.05, 4.69) is 0 Å². The van der Waals surface area contributed by atoms with E-state index < -0.39 is 11.0 Å². The Hall–Kier alpha value is -1.24. The first-order chi connectivity index (χ1) is 13.1. The molecule has 0 aromatic heterocycles. The normalized spacial score (nSPS) is 19.9. The molecule has 3 N–H and O–H groups in total.